The third kappa shape index (κ3) is 8.73. The van der Waals surface area contributed by atoms with Gasteiger partial charge in [0.2, 0.25) is 11.8 Å². The lowest BCUT2D eigenvalue weighted by Crippen LogP contribution is -2.31. The van der Waals surface area contributed by atoms with Gasteiger partial charge in [-0.2, -0.15) is 18.9 Å². The van der Waals surface area contributed by atoms with E-state index in [0.717, 1.165) is 11.4 Å². The number of anilines is 1. The van der Waals surface area contributed by atoms with Gasteiger partial charge in [0.1, 0.15) is 5.56 Å². The normalized spacial score (nSPS) is 13.7. The second-order valence-corrected chi connectivity index (χ2v) is 15.5. The van der Waals surface area contributed by atoms with Crippen LogP contribution in [0.15, 0.2) is 100 Å². The predicted octanol–water partition coefficient (Wildman–Crippen LogP) is 5.96. The molecule has 12 nitrogen and oxygen atoms in total. The summed E-state index contributed by atoms with van der Waals surface area (Å²) in [5, 5.41) is 33.2. The van der Waals surface area contributed by atoms with Crippen LogP contribution in [-0.4, -0.2) is 50.6 Å². The van der Waals surface area contributed by atoms with Gasteiger partial charge in [-0.1, -0.05) is 60.7 Å². The van der Waals surface area contributed by atoms with Gasteiger partial charge in [-0.05, 0) is 96.0 Å². The number of aromatic nitrogens is 2. The number of hydrogen-bond acceptors (Lipinski definition) is 9. The van der Waals surface area contributed by atoms with E-state index in [0.29, 0.717) is 51.8 Å². The number of benzene rings is 3. The first-order valence-electron chi connectivity index (χ1n) is 16.6. The van der Waals surface area contributed by atoms with Crippen molar-refractivity contribution in [2.24, 2.45) is 0 Å². The number of halogens is 1. The maximum absolute atomic E-state index is 14.0. The third-order valence-electron chi connectivity index (χ3n) is 8.96. The Kier molecular flexibility index (Phi) is 12.4. The van der Waals surface area contributed by atoms with E-state index in [-0.39, 0.29) is 34.2 Å². The number of alkyl halides is 1. The number of allylic oxidation sites excluding steroid dienone is 3. The number of aromatic hydroxyl groups is 1. The maximum atomic E-state index is 14.0. The highest BCUT2D eigenvalue weighted by Gasteiger charge is 2.40. The molecule has 1 aliphatic heterocycles. The Morgan fingerprint density at radius 2 is 1.63 bits per heavy atom. The van der Waals surface area contributed by atoms with E-state index in [2.05, 4.69) is 23.2 Å². The Balaban J connectivity index is 1.59. The first-order valence-corrected chi connectivity index (χ1v) is 20.0. The van der Waals surface area contributed by atoms with Crippen LogP contribution in [0.5, 0.6) is 5.88 Å². The summed E-state index contributed by atoms with van der Waals surface area (Å²) in [6, 6.07) is 22.2. The van der Waals surface area contributed by atoms with Crippen LogP contribution < -0.4 is 15.8 Å². The highest BCUT2D eigenvalue weighted by atomic mass is 127. The molecule has 276 valence electrons. The third-order valence-corrected chi connectivity index (χ3v) is 10.9. The maximum Gasteiger partial charge on any atom is 0.294 e. The van der Waals surface area contributed by atoms with Gasteiger partial charge in [0, 0.05) is 29.9 Å². The molecule has 0 unspecified atom stereocenters. The monoisotopic (exact) mass is 874 g/mol. The van der Waals surface area contributed by atoms with Crippen LogP contribution in [0, 0.1) is 27.4 Å². The summed E-state index contributed by atoms with van der Waals surface area (Å²) < 4.78 is 36.9. The molecular weight excluding hydrogens is 840 g/mol. The highest BCUT2D eigenvalue weighted by Crippen LogP contribution is 2.48. The van der Waals surface area contributed by atoms with Crippen LogP contribution in [0.3, 0.4) is 0 Å². The molecule has 15 heteroatoms. The Labute approximate surface area is 331 Å². The molecule has 1 aliphatic rings. The molecule has 0 aliphatic carbocycles. The second kappa shape index (κ2) is 16.8. The molecular formula is C39H35IN6O6S2. The van der Waals surface area contributed by atoms with Gasteiger partial charge in [-0.3, -0.25) is 23.3 Å². The summed E-state index contributed by atoms with van der Waals surface area (Å²) in [4.78, 5) is 27.6. The fourth-order valence-corrected chi connectivity index (χ4v) is 7.36. The first kappa shape index (κ1) is 39.9. The van der Waals surface area contributed by atoms with E-state index in [1.165, 1.54) is 27.3 Å². The first-order chi connectivity index (χ1) is 25.7. The van der Waals surface area contributed by atoms with Gasteiger partial charge in [0.05, 0.1) is 45.7 Å². The van der Waals surface area contributed by atoms with Gasteiger partial charge in [0.15, 0.2) is 4.77 Å². The zero-order valence-electron chi connectivity index (χ0n) is 29.3. The summed E-state index contributed by atoms with van der Waals surface area (Å²) >= 11 is 7.71. The molecule has 1 aromatic heterocycles. The number of nitriles is 2. The van der Waals surface area contributed by atoms with Crippen molar-refractivity contribution < 1.29 is 22.9 Å². The lowest BCUT2D eigenvalue weighted by Gasteiger charge is -2.27. The molecule has 3 aromatic carbocycles. The van der Waals surface area contributed by atoms with E-state index >= 15 is 0 Å². The standard InChI is InChI=1S/C39H35IN6O6S2/c1-39(2)32-20-30(54(50,51)52)14-15-33(32)44(17-7-16-43-35(47)21-40)34(39)13-4-3-12-31-36(48)45(24-28-10-5-8-26(18-28)22-41)38(53)46(37(31)49)25-29-11-6-9-27(19-29)23-42/h4-6,8-15,18-20,48H,7,16-17,21,24-25H2,1-2H3,(H,43,47)(H,50,51,52). The van der Waals surface area contributed by atoms with Gasteiger partial charge in [0.25, 0.3) is 15.7 Å². The molecule has 0 saturated heterocycles. The number of nitrogens with zero attached hydrogens (tertiary/aromatic N) is 5. The Morgan fingerprint density at radius 3 is 2.22 bits per heavy atom. The average molecular weight is 875 g/mol. The molecule has 0 atom stereocenters. The molecule has 0 radical (unpaired) electrons. The highest BCUT2D eigenvalue weighted by molar-refractivity contribution is 14.1. The number of carbonyl (C=O) groups excluding carboxylic acids is 1. The lowest BCUT2D eigenvalue weighted by atomic mass is 9.84. The zero-order chi connectivity index (χ0) is 39.2. The molecule has 0 fully saturated rings. The van der Waals surface area contributed by atoms with Crippen molar-refractivity contribution >= 4 is 62.6 Å². The summed E-state index contributed by atoms with van der Waals surface area (Å²) in [7, 11) is -4.46. The molecule has 2 heterocycles. The largest absolute Gasteiger partial charge is 0.494 e. The smallest absolute Gasteiger partial charge is 0.294 e. The Bertz CT molecular complexity index is 2560. The number of rotatable bonds is 12. The van der Waals surface area contributed by atoms with Gasteiger partial charge >= 0.3 is 0 Å². The molecule has 1 amide bonds. The van der Waals surface area contributed by atoms with E-state index in [1.54, 1.807) is 66.7 Å². The van der Waals surface area contributed by atoms with Crippen molar-refractivity contribution in [1.29, 1.82) is 10.5 Å². The van der Waals surface area contributed by atoms with E-state index in [9.17, 15) is 38.2 Å². The van der Waals surface area contributed by atoms with E-state index in [1.807, 2.05) is 41.3 Å². The average Bonchev–Trinajstić information content (AvgIpc) is 3.37. The van der Waals surface area contributed by atoms with Gasteiger partial charge in [-0.25, -0.2) is 0 Å². The van der Waals surface area contributed by atoms with Crippen LogP contribution in [0.4, 0.5) is 5.69 Å². The van der Waals surface area contributed by atoms with Crippen molar-refractivity contribution in [3.8, 4) is 18.0 Å². The summed E-state index contributed by atoms with van der Waals surface area (Å²) in [5.74, 6) is -0.483. The van der Waals surface area contributed by atoms with Crippen LogP contribution >= 0.6 is 34.8 Å². The molecule has 0 spiro atoms. The van der Waals surface area contributed by atoms with Crippen molar-refractivity contribution in [1.82, 2.24) is 14.5 Å². The van der Waals surface area contributed by atoms with Crippen LogP contribution in [-0.2, 0) is 33.4 Å². The molecule has 5 rings (SSSR count). The zero-order valence-corrected chi connectivity index (χ0v) is 33.1. The number of nitrogens with one attached hydrogen (secondary N) is 1. The fraction of sp³-hybridized carbons (Fsp3) is 0.231. The number of fused-ring (bicyclic) bond motifs is 1. The molecule has 54 heavy (non-hydrogen) atoms. The second-order valence-electron chi connectivity index (χ2n) is 12.9. The van der Waals surface area contributed by atoms with Crippen LogP contribution in [0.25, 0.3) is 6.08 Å². The molecule has 0 bridgehead atoms. The number of hydrogen-bond donors (Lipinski definition) is 3. The Hall–Kier alpha value is -5.29. The molecule has 0 saturated carbocycles. The number of carbonyl (C=O) groups is 1. The molecule has 4 aromatic rings. The van der Waals surface area contributed by atoms with E-state index < -0.39 is 27.0 Å². The van der Waals surface area contributed by atoms with Crippen LogP contribution in [0.2, 0.25) is 0 Å². The van der Waals surface area contributed by atoms with Crippen molar-refractivity contribution in [2.75, 3.05) is 22.4 Å². The van der Waals surface area contributed by atoms with E-state index in [4.69, 9.17) is 12.2 Å². The predicted molar refractivity (Wildman–Crippen MR) is 215 cm³/mol. The SMILES string of the molecule is CC1(C)C(=CC=C=Cc2c(O)n(Cc3cccc(C#N)c3)c(=S)n(Cc3cccc(C#N)c3)c2=O)N(CCCNC(=O)CI)c2ccc(S(=O)(=O)O)cc21. The molecule has 3 N–H and O–H groups in total. The van der Waals surface area contributed by atoms with Crippen LogP contribution in [0.1, 0.15) is 53.6 Å². The minimum atomic E-state index is -4.46. The van der Waals surface area contributed by atoms with Crippen molar-refractivity contribution in [2.45, 2.75) is 43.7 Å². The summed E-state index contributed by atoms with van der Waals surface area (Å²) in [6.07, 6.45) is 5.28. The minimum absolute atomic E-state index is 0.0194. The summed E-state index contributed by atoms with van der Waals surface area (Å²) in [6.45, 7) is 4.80. The number of amides is 1. The Morgan fingerprint density at radius 1 is 1.00 bits per heavy atom. The van der Waals surface area contributed by atoms with Gasteiger partial charge in [-0.15, -0.1) is 5.73 Å². The van der Waals surface area contributed by atoms with Crippen molar-refractivity contribution in [3.05, 3.63) is 139 Å². The summed E-state index contributed by atoms with van der Waals surface area (Å²) in [5.41, 5.74) is 5.90. The topological polar surface area (TPSA) is 181 Å². The van der Waals surface area contributed by atoms with Gasteiger partial charge < -0.3 is 15.3 Å². The quantitative estimate of drug-likeness (QED) is 0.0384. The fourth-order valence-electron chi connectivity index (χ4n) is 6.29. The lowest BCUT2D eigenvalue weighted by molar-refractivity contribution is -0.118. The van der Waals surface area contributed by atoms with Crippen molar-refractivity contribution in [3.63, 3.8) is 0 Å². The minimum Gasteiger partial charge on any atom is -0.494 e.